The quantitative estimate of drug-likeness (QED) is 0.814. The molecular formula is C21H27FN2O3. The lowest BCUT2D eigenvalue weighted by atomic mass is 9.78. The molecule has 27 heavy (non-hydrogen) atoms. The topological polar surface area (TPSA) is 49.9 Å². The average molecular weight is 374 g/mol. The summed E-state index contributed by atoms with van der Waals surface area (Å²) in [5.41, 5.74) is -0.225. The normalized spacial score (nSPS) is 26.6. The summed E-state index contributed by atoms with van der Waals surface area (Å²) in [5, 5.41) is 0. The Morgan fingerprint density at radius 1 is 1.22 bits per heavy atom. The number of carbonyl (C=O) groups is 2. The van der Waals surface area contributed by atoms with E-state index in [1.807, 2.05) is 11.8 Å². The number of halogens is 1. The summed E-state index contributed by atoms with van der Waals surface area (Å²) in [6, 6.07) is 4.62. The maximum absolute atomic E-state index is 14.2. The van der Waals surface area contributed by atoms with E-state index in [2.05, 4.69) is 0 Å². The van der Waals surface area contributed by atoms with Gasteiger partial charge in [-0.05, 0) is 50.3 Å². The van der Waals surface area contributed by atoms with Crippen LogP contribution in [0.2, 0.25) is 0 Å². The highest BCUT2D eigenvalue weighted by Crippen LogP contribution is 2.49. The highest BCUT2D eigenvalue weighted by Gasteiger charge is 2.54. The molecule has 0 unspecified atom stereocenters. The highest BCUT2D eigenvalue weighted by molar-refractivity contribution is 5.88. The number of benzene rings is 1. The number of carbonyl (C=O) groups excluding carboxylic acids is 2. The summed E-state index contributed by atoms with van der Waals surface area (Å²) in [5.74, 6) is 0.518. The Balaban J connectivity index is 1.49. The minimum atomic E-state index is -0.492. The molecule has 0 radical (unpaired) electrons. The van der Waals surface area contributed by atoms with Gasteiger partial charge in [0.1, 0.15) is 11.6 Å². The standard InChI is InChI=1S/C21H27FN2O3/c1-20(7-8-20)18(25)24-11-9-21(14-24)6-3-10-23(19(21)26)13-15-12-16(27-2)4-5-17(15)22/h4-5,12H,3,6-11,13-14H2,1-2H3/t21-/m0/s1. The third kappa shape index (κ3) is 3.19. The van der Waals surface area contributed by atoms with E-state index in [0.29, 0.717) is 37.4 Å². The molecule has 146 valence electrons. The summed E-state index contributed by atoms with van der Waals surface area (Å²) in [7, 11) is 1.54. The van der Waals surface area contributed by atoms with Crippen molar-refractivity contribution in [1.29, 1.82) is 0 Å². The number of rotatable bonds is 4. The zero-order valence-electron chi connectivity index (χ0n) is 16.1. The van der Waals surface area contributed by atoms with E-state index in [1.54, 1.807) is 24.1 Å². The van der Waals surface area contributed by atoms with Crippen LogP contribution in [0.4, 0.5) is 4.39 Å². The van der Waals surface area contributed by atoms with Crippen molar-refractivity contribution in [2.45, 2.75) is 45.6 Å². The van der Waals surface area contributed by atoms with Crippen molar-refractivity contribution in [3.63, 3.8) is 0 Å². The Kier molecular flexibility index (Phi) is 4.40. The van der Waals surface area contributed by atoms with E-state index in [1.165, 1.54) is 6.07 Å². The van der Waals surface area contributed by atoms with E-state index in [9.17, 15) is 14.0 Å². The SMILES string of the molecule is COc1ccc(F)c(CN2CCC[C@@]3(CCN(C(=O)C4(C)CC4)C3)C2=O)c1. The number of hydrogen-bond acceptors (Lipinski definition) is 3. The molecule has 1 spiro atoms. The molecule has 2 aliphatic heterocycles. The van der Waals surface area contributed by atoms with E-state index in [-0.39, 0.29) is 29.6 Å². The average Bonchev–Trinajstić information content (AvgIpc) is 3.28. The molecule has 3 fully saturated rings. The first-order valence-corrected chi connectivity index (χ1v) is 9.78. The molecule has 0 N–H and O–H groups in total. The third-order valence-electron chi connectivity index (χ3n) is 6.60. The minimum Gasteiger partial charge on any atom is -0.497 e. The second kappa shape index (κ2) is 6.50. The van der Waals surface area contributed by atoms with Gasteiger partial charge in [-0.1, -0.05) is 6.92 Å². The van der Waals surface area contributed by atoms with Crippen LogP contribution in [-0.4, -0.2) is 48.4 Å². The molecule has 2 amide bonds. The first-order valence-electron chi connectivity index (χ1n) is 9.78. The number of nitrogens with zero attached hydrogens (tertiary/aromatic N) is 2. The maximum atomic E-state index is 14.2. The van der Waals surface area contributed by atoms with Crippen molar-refractivity contribution in [2.24, 2.45) is 10.8 Å². The van der Waals surface area contributed by atoms with E-state index in [0.717, 1.165) is 25.7 Å². The smallest absolute Gasteiger partial charge is 0.230 e. The number of methoxy groups -OCH3 is 1. The monoisotopic (exact) mass is 374 g/mol. The van der Waals surface area contributed by atoms with Gasteiger partial charge >= 0.3 is 0 Å². The minimum absolute atomic E-state index is 0.0622. The lowest BCUT2D eigenvalue weighted by molar-refractivity contribution is -0.147. The molecule has 1 saturated carbocycles. The second-order valence-corrected chi connectivity index (χ2v) is 8.61. The molecule has 1 aromatic carbocycles. The van der Waals surface area contributed by atoms with Gasteiger partial charge in [-0.2, -0.15) is 0 Å². The molecular weight excluding hydrogens is 347 g/mol. The van der Waals surface area contributed by atoms with Gasteiger partial charge in [-0.25, -0.2) is 4.39 Å². The van der Waals surface area contributed by atoms with Crippen molar-refractivity contribution in [3.05, 3.63) is 29.6 Å². The molecule has 0 bridgehead atoms. The van der Waals surface area contributed by atoms with Crippen LogP contribution >= 0.6 is 0 Å². The van der Waals surface area contributed by atoms with Gasteiger partial charge in [0.25, 0.3) is 0 Å². The van der Waals surface area contributed by atoms with Gasteiger partial charge in [0, 0.05) is 37.2 Å². The molecule has 1 atom stereocenters. The Labute approximate surface area is 159 Å². The van der Waals surface area contributed by atoms with Crippen LogP contribution in [0, 0.1) is 16.6 Å². The maximum Gasteiger partial charge on any atom is 0.230 e. The molecule has 3 aliphatic rings. The van der Waals surface area contributed by atoms with Gasteiger partial charge in [-0.15, -0.1) is 0 Å². The summed E-state index contributed by atoms with van der Waals surface area (Å²) >= 11 is 0. The number of piperidine rings is 1. The number of ether oxygens (including phenoxy) is 1. The Hall–Kier alpha value is -2.11. The molecule has 1 aliphatic carbocycles. The predicted molar refractivity (Wildman–Crippen MR) is 98.6 cm³/mol. The van der Waals surface area contributed by atoms with Gasteiger partial charge in [-0.3, -0.25) is 9.59 Å². The number of likely N-dealkylation sites (tertiary alicyclic amines) is 2. The van der Waals surface area contributed by atoms with E-state index in [4.69, 9.17) is 4.74 Å². The molecule has 0 aromatic heterocycles. The molecule has 2 heterocycles. The summed E-state index contributed by atoms with van der Waals surface area (Å²) in [6.07, 6.45) is 4.31. The zero-order chi connectivity index (χ0) is 19.2. The van der Waals surface area contributed by atoms with Crippen LogP contribution in [0.1, 0.15) is 44.6 Å². The van der Waals surface area contributed by atoms with Gasteiger partial charge in [0.15, 0.2) is 0 Å². The number of hydrogen-bond donors (Lipinski definition) is 0. The van der Waals surface area contributed by atoms with Crippen LogP contribution in [0.15, 0.2) is 18.2 Å². The van der Waals surface area contributed by atoms with Crippen molar-refractivity contribution < 1.29 is 18.7 Å². The summed E-state index contributed by atoms with van der Waals surface area (Å²) in [6.45, 7) is 4.05. The fraction of sp³-hybridized carbons (Fsp3) is 0.619. The fourth-order valence-corrected chi connectivity index (χ4v) is 4.52. The summed E-state index contributed by atoms with van der Waals surface area (Å²) in [4.78, 5) is 29.6. The number of amides is 2. The van der Waals surface area contributed by atoms with Crippen LogP contribution in [0.3, 0.4) is 0 Å². The Morgan fingerprint density at radius 2 is 2.00 bits per heavy atom. The zero-order valence-corrected chi connectivity index (χ0v) is 16.1. The highest BCUT2D eigenvalue weighted by atomic mass is 19.1. The molecule has 2 saturated heterocycles. The predicted octanol–water partition coefficient (Wildman–Crippen LogP) is 2.98. The van der Waals surface area contributed by atoms with Gasteiger partial charge < -0.3 is 14.5 Å². The van der Waals surface area contributed by atoms with Crippen molar-refractivity contribution in [3.8, 4) is 5.75 Å². The molecule has 4 rings (SSSR count). The van der Waals surface area contributed by atoms with Crippen molar-refractivity contribution >= 4 is 11.8 Å². The van der Waals surface area contributed by atoms with Crippen LogP contribution < -0.4 is 4.74 Å². The van der Waals surface area contributed by atoms with Crippen LogP contribution in [0.5, 0.6) is 5.75 Å². The summed E-state index contributed by atoms with van der Waals surface area (Å²) < 4.78 is 19.4. The third-order valence-corrected chi connectivity index (χ3v) is 6.60. The van der Waals surface area contributed by atoms with Gasteiger partial charge in [0.2, 0.25) is 11.8 Å². The Bertz CT molecular complexity index is 777. The fourth-order valence-electron chi connectivity index (χ4n) is 4.52. The van der Waals surface area contributed by atoms with Crippen molar-refractivity contribution in [2.75, 3.05) is 26.7 Å². The Morgan fingerprint density at radius 3 is 2.70 bits per heavy atom. The lowest BCUT2D eigenvalue weighted by Crippen LogP contribution is -2.50. The second-order valence-electron chi connectivity index (χ2n) is 8.61. The molecule has 5 nitrogen and oxygen atoms in total. The van der Waals surface area contributed by atoms with E-state index < -0.39 is 5.41 Å². The van der Waals surface area contributed by atoms with E-state index >= 15 is 0 Å². The first kappa shape index (κ1) is 18.3. The van der Waals surface area contributed by atoms with Crippen molar-refractivity contribution in [1.82, 2.24) is 9.80 Å². The van der Waals surface area contributed by atoms with Crippen LogP contribution in [0.25, 0.3) is 0 Å². The largest absolute Gasteiger partial charge is 0.497 e. The van der Waals surface area contributed by atoms with Crippen LogP contribution in [-0.2, 0) is 16.1 Å². The lowest BCUT2D eigenvalue weighted by Gasteiger charge is -2.39. The molecule has 6 heteroatoms. The molecule has 1 aromatic rings. The first-order chi connectivity index (χ1) is 12.9. The van der Waals surface area contributed by atoms with Gasteiger partial charge in [0.05, 0.1) is 12.5 Å².